The number of furan rings is 1. The zero-order valence-electron chi connectivity index (χ0n) is 15.8. The van der Waals surface area contributed by atoms with Crippen molar-refractivity contribution < 1.29 is 22.4 Å². The topological polar surface area (TPSA) is 109 Å². The fraction of sp³-hybridized carbons (Fsp3) is 0.0500. The van der Waals surface area contributed by atoms with E-state index in [0.29, 0.717) is 6.07 Å². The van der Waals surface area contributed by atoms with Gasteiger partial charge in [0.2, 0.25) is 5.71 Å². The number of hydrogen-bond donors (Lipinski definition) is 3. The van der Waals surface area contributed by atoms with Crippen LogP contribution < -0.4 is 22.1 Å². The summed E-state index contributed by atoms with van der Waals surface area (Å²) in [4.78, 5) is 40.5. The van der Waals surface area contributed by atoms with E-state index in [2.05, 4.69) is 15.8 Å². The number of nitrogens with zero attached hydrogens (tertiary/aromatic N) is 1. The van der Waals surface area contributed by atoms with E-state index in [4.69, 9.17) is 4.42 Å². The Morgan fingerprint density at radius 1 is 1.03 bits per heavy atom. The Morgan fingerprint density at radius 3 is 2.45 bits per heavy atom. The molecule has 0 aliphatic carbocycles. The van der Waals surface area contributed by atoms with Crippen LogP contribution >= 0.6 is 0 Å². The molecule has 8 nitrogen and oxygen atoms in total. The summed E-state index contributed by atoms with van der Waals surface area (Å²) in [6.45, 7) is 1.39. The molecule has 0 aliphatic heterocycles. The van der Waals surface area contributed by atoms with Crippen LogP contribution in [0.2, 0.25) is 0 Å². The molecule has 31 heavy (non-hydrogen) atoms. The predicted octanol–water partition coefficient (Wildman–Crippen LogP) is 2.75. The highest BCUT2D eigenvalue weighted by atomic mass is 19.2. The van der Waals surface area contributed by atoms with Gasteiger partial charge in [-0.3, -0.25) is 25.4 Å². The number of fused-ring (bicyclic) bond motifs is 1. The van der Waals surface area contributed by atoms with Crippen LogP contribution in [-0.2, 0) is 0 Å². The Balaban J connectivity index is 1.77. The summed E-state index contributed by atoms with van der Waals surface area (Å²) in [6, 6.07) is 9.57. The van der Waals surface area contributed by atoms with E-state index in [1.165, 1.54) is 19.1 Å². The average Bonchev–Trinajstić information content (AvgIpc) is 3.08. The smallest absolute Gasteiger partial charge is 0.335 e. The highest BCUT2D eigenvalue weighted by Crippen LogP contribution is 2.22. The van der Waals surface area contributed by atoms with Crippen molar-refractivity contribution in [1.29, 1.82) is 0 Å². The number of rotatable bonds is 4. The number of para-hydroxylation sites is 1. The quantitative estimate of drug-likeness (QED) is 0.341. The Hall–Kier alpha value is -4.28. The maximum absolute atomic E-state index is 13.8. The van der Waals surface area contributed by atoms with Crippen LogP contribution in [0.3, 0.4) is 0 Å². The summed E-state index contributed by atoms with van der Waals surface area (Å²) in [5, 5.41) is -0.217. The van der Waals surface area contributed by atoms with E-state index < -0.39 is 40.3 Å². The van der Waals surface area contributed by atoms with Crippen LogP contribution in [0.1, 0.15) is 16.1 Å². The number of hydrazine groups is 1. The van der Waals surface area contributed by atoms with E-state index >= 15 is 0 Å². The van der Waals surface area contributed by atoms with Gasteiger partial charge in [-0.05, 0) is 31.2 Å². The number of amides is 1. The van der Waals surface area contributed by atoms with Crippen molar-refractivity contribution >= 4 is 22.7 Å². The second-order valence-corrected chi connectivity index (χ2v) is 6.45. The molecule has 0 bridgehead atoms. The Bertz CT molecular complexity index is 1440. The lowest BCUT2D eigenvalue weighted by molar-refractivity contribution is 0.0962. The molecule has 0 spiro atoms. The summed E-state index contributed by atoms with van der Waals surface area (Å²) in [6.07, 6.45) is 0. The molecule has 11 heteroatoms. The van der Waals surface area contributed by atoms with E-state index in [9.17, 15) is 27.6 Å². The van der Waals surface area contributed by atoms with Crippen LogP contribution in [-0.4, -0.2) is 15.5 Å². The third-order valence-corrected chi connectivity index (χ3v) is 4.51. The van der Waals surface area contributed by atoms with Crippen molar-refractivity contribution in [2.24, 2.45) is 0 Å². The second-order valence-electron chi connectivity index (χ2n) is 6.45. The summed E-state index contributed by atoms with van der Waals surface area (Å²) in [5.41, 5.74) is 1.94. The minimum Gasteiger partial charge on any atom is -0.444 e. The van der Waals surface area contributed by atoms with Gasteiger partial charge in [0.25, 0.3) is 11.5 Å². The molecule has 0 radical (unpaired) electrons. The lowest BCUT2D eigenvalue weighted by atomic mass is 10.2. The number of aromatic nitrogens is 2. The standard InChI is InChI=1S/C20H13F3N4O4/c1-9-13(17(28)26-25-12-8-7-11(21)15(22)16(12)23)14-18(31-9)24-20(30)27(19(14)29)10-5-3-2-4-6-10/h2-8,25H,1H3,(H,24,30)(H,26,28). The second kappa shape index (κ2) is 7.52. The van der Waals surface area contributed by atoms with Crippen molar-refractivity contribution in [3.8, 4) is 5.69 Å². The lowest BCUT2D eigenvalue weighted by Gasteiger charge is -2.10. The molecule has 0 saturated heterocycles. The number of hydrogen-bond acceptors (Lipinski definition) is 5. The molecule has 4 rings (SSSR count). The number of anilines is 1. The van der Waals surface area contributed by atoms with Crippen LogP contribution in [0.5, 0.6) is 0 Å². The van der Waals surface area contributed by atoms with E-state index in [1.54, 1.807) is 18.2 Å². The minimum absolute atomic E-state index is 0.00128. The first-order valence-corrected chi connectivity index (χ1v) is 8.83. The van der Waals surface area contributed by atoms with E-state index in [0.717, 1.165) is 10.6 Å². The fourth-order valence-corrected chi connectivity index (χ4v) is 3.09. The average molecular weight is 430 g/mol. The van der Waals surface area contributed by atoms with Gasteiger partial charge in [-0.2, -0.15) is 0 Å². The van der Waals surface area contributed by atoms with Crippen LogP contribution in [0.25, 0.3) is 16.8 Å². The summed E-state index contributed by atoms with van der Waals surface area (Å²) in [7, 11) is 0. The molecule has 3 N–H and O–H groups in total. The zero-order chi connectivity index (χ0) is 22.3. The molecule has 1 amide bonds. The van der Waals surface area contributed by atoms with Gasteiger partial charge in [0.1, 0.15) is 11.1 Å². The normalized spacial score (nSPS) is 11.0. The molecule has 0 aliphatic rings. The Labute approximate surface area is 170 Å². The van der Waals surface area contributed by atoms with Crippen molar-refractivity contribution in [2.75, 3.05) is 5.43 Å². The van der Waals surface area contributed by atoms with Gasteiger partial charge in [0, 0.05) is 0 Å². The number of carbonyl (C=O) groups excluding carboxylic acids is 1. The molecular weight excluding hydrogens is 417 g/mol. The van der Waals surface area contributed by atoms with Crippen molar-refractivity contribution in [1.82, 2.24) is 15.0 Å². The van der Waals surface area contributed by atoms with Gasteiger partial charge < -0.3 is 4.42 Å². The van der Waals surface area contributed by atoms with Gasteiger partial charge in [-0.25, -0.2) is 22.5 Å². The van der Waals surface area contributed by atoms with Crippen LogP contribution in [0.4, 0.5) is 18.9 Å². The summed E-state index contributed by atoms with van der Waals surface area (Å²) in [5.74, 6) is -5.57. The largest absolute Gasteiger partial charge is 0.444 e. The number of nitrogens with one attached hydrogen (secondary N) is 3. The third-order valence-electron chi connectivity index (χ3n) is 4.51. The van der Waals surface area contributed by atoms with E-state index in [1.807, 2.05) is 0 Å². The SMILES string of the molecule is Cc1oc2[nH]c(=O)n(-c3ccccc3)c(=O)c2c1C(=O)NNc1ccc(F)c(F)c1F. The molecule has 2 aromatic heterocycles. The number of H-pyrrole nitrogens is 1. The number of carbonyl (C=O) groups is 1. The van der Waals surface area contributed by atoms with Gasteiger partial charge in [0.15, 0.2) is 17.5 Å². The number of benzene rings is 2. The van der Waals surface area contributed by atoms with Crippen molar-refractivity contribution in [3.63, 3.8) is 0 Å². The molecule has 0 atom stereocenters. The number of aryl methyl sites for hydroxylation is 1. The molecule has 0 saturated carbocycles. The molecule has 2 aromatic carbocycles. The van der Waals surface area contributed by atoms with Gasteiger partial charge in [-0.1, -0.05) is 18.2 Å². The van der Waals surface area contributed by atoms with Gasteiger partial charge in [-0.15, -0.1) is 0 Å². The molecule has 2 heterocycles. The van der Waals surface area contributed by atoms with Crippen LogP contribution in [0, 0.1) is 24.4 Å². The van der Waals surface area contributed by atoms with Crippen molar-refractivity contribution in [3.05, 3.63) is 92.1 Å². The first kappa shape index (κ1) is 20.0. The summed E-state index contributed by atoms with van der Waals surface area (Å²) >= 11 is 0. The Morgan fingerprint density at radius 2 is 1.74 bits per heavy atom. The van der Waals surface area contributed by atoms with Gasteiger partial charge in [0.05, 0.1) is 16.9 Å². The van der Waals surface area contributed by atoms with Crippen molar-refractivity contribution in [2.45, 2.75) is 6.92 Å². The van der Waals surface area contributed by atoms with Gasteiger partial charge >= 0.3 is 5.69 Å². The Kier molecular flexibility index (Phi) is 4.85. The summed E-state index contributed by atoms with van der Waals surface area (Å²) < 4.78 is 46.4. The van der Waals surface area contributed by atoms with Crippen LogP contribution in [0.15, 0.2) is 56.5 Å². The first-order chi connectivity index (χ1) is 14.8. The highest BCUT2D eigenvalue weighted by Gasteiger charge is 2.24. The number of halogens is 3. The van der Waals surface area contributed by atoms with E-state index in [-0.39, 0.29) is 28.1 Å². The highest BCUT2D eigenvalue weighted by molar-refractivity contribution is 6.06. The first-order valence-electron chi connectivity index (χ1n) is 8.83. The minimum atomic E-state index is -1.72. The monoisotopic (exact) mass is 430 g/mol. The maximum Gasteiger partial charge on any atom is 0.335 e. The maximum atomic E-state index is 13.8. The molecule has 158 valence electrons. The number of aromatic amines is 1. The molecule has 4 aromatic rings. The zero-order valence-corrected chi connectivity index (χ0v) is 15.8. The molecular formula is C20H13F3N4O4. The predicted molar refractivity (Wildman–Crippen MR) is 105 cm³/mol. The lowest BCUT2D eigenvalue weighted by Crippen LogP contribution is -2.35. The fourth-order valence-electron chi connectivity index (χ4n) is 3.09. The molecule has 0 fully saturated rings. The third kappa shape index (κ3) is 3.35. The molecule has 0 unspecified atom stereocenters.